The summed E-state index contributed by atoms with van der Waals surface area (Å²) < 4.78 is 35.4. The fraction of sp³-hybridized carbons (Fsp3) is 0.667. The summed E-state index contributed by atoms with van der Waals surface area (Å²) in [6.07, 6.45) is 3.48. The lowest BCUT2D eigenvalue weighted by molar-refractivity contribution is -0.222. The number of hydrogen-bond acceptors (Lipinski definition) is 11. The molecule has 2 saturated heterocycles. The van der Waals surface area contributed by atoms with Crippen LogP contribution >= 0.6 is 0 Å². The molecule has 0 bridgehead atoms. The van der Waals surface area contributed by atoms with Crippen molar-refractivity contribution in [1.82, 2.24) is 5.06 Å². The zero-order chi connectivity index (χ0) is 33.4. The number of carbonyl (C=O) groups is 7. The van der Waals surface area contributed by atoms with Crippen LogP contribution in [0.1, 0.15) is 85.5 Å². The van der Waals surface area contributed by atoms with Gasteiger partial charge in [-0.2, -0.15) is 0 Å². The number of hydrogen-bond donors (Lipinski definition) is 0. The monoisotopic (exact) mass is 643 g/mol. The van der Waals surface area contributed by atoms with Gasteiger partial charge in [-0.3, -0.25) is 28.8 Å². The van der Waals surface area contributed by atoms with Gasteiger partial charge in [0, 0.05) is 48.9 Å². The molecule has 0 N–H and O–H groups in total. The van der Waals surface area contributed by atoms with Gasteiger partial charge in [-0.05, 0) is 64.5 Å². The van der Waals surface area contributed by atoms with Crippen molar-refractivity contribution in [2.24, 2.45) is 22.7 Å². The first-order chi connectivity index (χ1) is 21.5. The minimum Gasteiger partial charge on any atom is -0.458 e. The van der Waals surface area contributed by atoms with Crippen LogP contribution in [0.25, 0.3) is 0 Å². The summed E-state index contributed by atoms with van der Waals surface area (Å²) >= 11 is 0. The van der Waals surface area contributed by atoms with Crippen LogP contribution in [0.4, 0.5) is 4.39 Å². The number of alkyl halides is 1. The summed E-state index contributed by atoms with van der Waals surface area (Å²) in [5, 5.41) is 0.425. The van der Waals surface area contributed by atoms with Gasteiger partial charge in [0.2, 0.25) is 5.78 Å². The normalized spacial score (nSPS) is 38.9. The molecule has 0 unspecified atom stereocenters. The number of carbonyl (C=O) groups excluding carboxylic acids is 7. The van der Waals surface area contributed by atoms with Gasteiger partial charge < -0.3 is 19.0 Å². The Hall–Kier alpha value is -3.58. The van der Waals surface area contributed by atoms with E-state index in [1.165, 1.54) is 18.2 Å². The number of amides is 2. The van der Waals surface area contributed by atoms with E-state index in [1.54, 1.807) is 27.7 Å². The maximum atomic E-state index is 17.4. The number of ether oxygens (including phenoxy) is 3. The summed E-state index contributed by atoms with van der Waals surface area (Å²) in [4.78, 5) is 93.0. The van der Waals surface area contributed by atoms with E-state index in [0.29, 0.717) is 23.5 Å². The van der Waals surface area contributed by atoms with E-state index in [2.05, 4.69) is 0 Å². The van der Waals surface area contributed by atoms with Crippen molar-refractivity contribution in [3.63, 3.8) is 0 Å². The molecule has 0 radical (unpaired) electrons. The van der Waals surface area contributed by atoms with Crippen LogP contribution in [0.3, 0.4) is 0 Å². The topological polar surface area (TPSA) is 160 Å². The lowest BCUT2D eigenvalue weighted by Gasteiger charge is -2.59. The highest BCUT2D eigenvalue weighted by Gasteiger charge is 2.80. The number of Topliss-reactive ketones (excluding diaryl/α,β-unsaturated/α-hetero) is 2. The second-order valence-corrected chi connectivity index (χ2v) is 14.2. The van der Waals surface area contributed by atoms with Crippen LogP contribution in [0.2, 0.25) is 0 Å². The number of nitrogens with zero attached hydrogens (tertiary/aromatic N) is 1. The third-order valence-corrected chi connectivity index (χ3v) is 11.1. The number of halogens is 1. The van der Waals surface area contributed by atoms with Gasteiger partial charge in [-0.1, -0.05) is 18.6 Å². The number of fused-ring (bicyclic) bond motifs is 7. The lowest BCUT2D eigenvalue weighted by Crippen LogP contribution is -2.68. The Balaban J connectivity index is 1.16. The van der Waals surface area contributed by atoms with Crippen molar-refractivity contribution in [1.29, 1.82) is 0 Å². The molecule has 2 aliphatic heterocycles. The van der Waals surface area contributed by atoms with Gasteiger partial charge >= 0.3 is 11.9 Å². The van der Waals surface area contributed by atoms with E-state index < -0.39 is 87.8 Å². The molecule has 0 aromatic heterocycles. The molecular weight excluding hydrogens is 605 g/mol. The fourth-order valence-corrected chi connectivity index (χ4v) is 9.05. The van der Waals surface area contributed by atoms with Gasteiger partial charge in [-0.15, -0.1) is 5.06 Å². The standard InChI is InChI=1S/C33H38FNO11/c1-29(2)44-24-15-21-20-9-8-18-14-19(36)12-13-30(18,3)32(20,34)22(37)16-31(21,4)33(24,46-29)23(38)17-43-27(41)6-5-7-28(42)45-35-25(39)10-11-26(35)40/h12-14,20-21,24H,5-11,15-17H2,1-4H3/t20-,21-,24+,30-,31-,32-,33+/m0/s1. The Morgan fingerprint density at radius 3 is 2.35 bits per heavy atom. The zero-order valence-electron chi connectivity index (χ0n) is 26.4. The summed E-state index contributed by atoms with van der Waals surface area (Å²) in [5.41, 5.74) is -5.86. The minimum absolute atomic E-state index is 0.0215. The molecule has 5 fully saturated rings. The molecule has 2 amide bonds. The van der Waals surface area contributed by atoms with Crippen molar-refractivity contribution in [3.8, 4) is 0 Å². The van der Waals surface area contributed by atoms with E-state index in [-0.39, 0.29) is 50.7 Å². The molecule has 0 spiro atoms. The molecule has 6 aliphatic rings. The SMILES string of the molecule is CC1(C)O[C@@H]2C[C@H]3[C@@H]4CCC5=CC(=O)C=C[C@]5(C)[C@@]4(F)C(=O)C[C@]3(C)[C@]2(C(=O)COC(=O)CCCC(=O)ON2C(=O)CCC2=O)O1. The van der Waals surface area contributed by atoms with E-state index in [1.807, 2.05) is 0 Å². The molecule has 0 aromatic carbocycles. The summed E-state index contributed by atoms with van der Waals surface area (Å²) in [5.74, 6) is -6.82. The smallest absolute Gasteiger partial charge is 0.333 e. The number of allylic oxidation sites excluding steroid dienone is 4. The third kappa shape index (κ3) is 4.56. The number of rotatable bonds is 8. The van der Waals surface area contributed by atoms with E-state index in [9.17, 15) is 33.6 Å². The van der Waals surface area contributed by atoms with Gasteiger partial charge in [0.25, 0.3) is 11.8 Å². The Bertz CT molecular complexity index is 1500. The largest absolute Gasteiger partial charge is 0.458 e. The summed E-state index contributed by atoms with van der Waals surface area (Å²) in [6.45, 7) is 6.04. The first-order valence-corrected chi connectivity index (χ1v) is 15.8. The molecular formula is C33H38FNO11. The molecule has 4 aliphatic carbocycles. The number of esters is 1. The van der Waals surface area contributed by atoms with Crippen LogP contribution in [-0.2, 0) is 52.6 Å². The molecule has 12 nitrogen and oxygen atoms in total. The second-order valence-electron chi connectivity index (χ2n) is 14.2. The molecule has 3 saturated carbocycles. The van der Waals surface area contributed by atoms with Crippen LogP contribution in [-0.4, -0.2) is 75.9 Å². The predicted molar refractivity (Wildman–Crippen MR) is 153 cm³/mol. The third-order valence-electron chi connectivity index (χ3n) is 11.1. The molecule has 7 atom stereocenters. The highest BCUT2D eigenvalue weighted by molar-refractivity contribution is 6.03. The molecule has 46 heavy (non-hydrogen) atoms. The molecule has 13 heteroatoms. The van der Waals surface area contributed by atoms with E-state index >= 15 is 4.39 Å². The Morgan fingerprint density at radius 1 is 0.978 bits per heavy atom. The second kappa shape index (κ2) is 10.7. The maximum Gasteiger partial charge on any atom is 0.333 e. The Morgan fingerprint density at radius 2 is 1.65 bits per heavy atom. The summed E-state index contributed by atoms with van der Waals surface area (Å²) in [7, 11) is 0. The van der Waals surface area contributed by atoms with Gasteiger partial charge in [0.15, 0.2) is 35.2 Å². The fourth-order valence-electron chi connectivity index (χ4n) is 9.05. The van der Waals surface area contributed by atoms with Gasteiger partial charge in [0.05, 0.1) is 6.10 Å². The quantitative estimate of drug-likeness (QED) is 0.283. The van der Waals surface area contributed by atoms with Crippen LogP contribution in [0.5, 0.6) is 0 Å². The average molecular weight is 644 g/mol. The van der Waals surface area contributed by atoms with Crippen molar-refractivity contribution < 1.29 is 57.0 Å². The minimum atomic E-state index is -2.29. The molecule has 2 heterocycles. The van der Waals surface area contributed by atoms with Crippen molar-refractivity contribution >= 4 is 41.1 Å². The van der Waals surface area contributed by atoms with Crippen LogP contribution in [0, 0.1) is 22.7 Å². The first kappa shape index (κ1) is 32.4. The van der Waals surface area contributed by atoms with Crippen molar-refractivity contribution in [2.45, 2.75) is 109 Å². The van der Waals surface area contributed by atoms with Gasteiger partial charge in [0.1, 0.15) is 0 Å². The van der Waals surface area contributed by atoms with Gasteiger partial charge in [-0.25, -0.2) is 9.18 Å². The number of imide groups is 1. The van der Waals surface area contributed by atoms with E-state index in [4.69, 9.17) is 19.0 Å². The maximum absolute atomic E-state index is 17.4. The van der Waals surface area contributed by atoms with Crippen LogP contribution in [0.15, 0.2) is 23.8 Å². The van der Waals surface area contributed by atoms with Crippen molar-refractivity contribution in [3.05, 3.63) is 23.8 Å². The number of hydroxylamine groups is 2. The Kier molecular flexibility index (Phi) is 7.55. The molecule has 248 valence electrons. The van der Waals surface area contributed by atoms with Crippen LogP contribution < -0.4 is 0 Å². The van der Waals surface area contributed by atoms with E-state index in [0.717, 1.165) is 0 Å². The van der Waals surface area contributed by atoms with Crippen molar-refractivity contribution in [2.75, 3.05) is 6.61 Å². The zero-order valence-corrected chi connectivity index (χ0v) is 26.4. The lowest BCUT2D eigenvalue weighted by atomic mass is 9.45. The Labute approximate surface area is 264 Å². The predicted octanol–water partition coefficient (Wildman–Crippen LogP) is 2.96. The first-order valence-electron chi connectivity index (χ1n) is 15.8. The highest BCUT2D eigenvalue weighted by Crippen LogP contribution is 2.71. The average Bonchev–Trinajstić information content (AvgIpc) is 3.53. The summed E-state index contributed by atoms with van der Waals surface area (Å²) in [6, 6.07) is 0. The highest BCUT2D eigenvalue weighted by atomic mass is 19.1. The molecule has 6 rings (SSSR count). The molecule has 0 aromatic rings. The number of ketones is 3.